The molecular formula is C14H24N4O4. The third-order valence-electron chi connectivity index (χ3n) is 3.09. The van der Waals surface area contributed by atoms with E-state index < -0.39 is 29.6 Å². The second-order valence-corrected chi connectivity index (χ2v) is 6.51. The predicted molar refractivity (Wildman–Crippen MR) is 81.1 cm³/mol. The molecule has 0 spiro atoms. The van der Waals surface area contributed by atoms with Gasteiger partial charge in [0.05, 0.1) is 18.8 Å². The van der Waals surface area contributed by atoms with Crippen LogP contribution in [0.3, 0.4) is 0 Å². The first-order valence-electron chi connectivity index (χ1n) is 7.10. The van der Waals surface area contributed by atoms with E-state index in [4.69, 9.17) is 15.0 Å². The van der Waals surface area contributed by atoms with Gasteiger partial charge >= 0.3 is 6.09 Å². The highest BCUT2D eigenvalue weighted by Crippen LogP contribution is 2.31. The zero-order valence-electron chi connectivity index (χ0n) is 13.7. The van der Waals surface area contributed by atoms with E-state index in [1.165, 1.54) is 11.0 Å². The largest absolute Gasteiger partial charge is 0.444 e. The molecule has 1 aliphatic rings. The summed E-state index contributed by atoms with van der Waals surface area (Å²) >= 11 is 0. The van der Waals surface area contributed by atoms with Crippen LogP contribution < -0.4 is 0 Å². The lowest BCUT2D eigenvalue weighted by Gasteiger charge is -2.36. The summed E-state index contributed by atoms with van der Waals surface area (Å²) in [6, 6.07) is -0.563. The molecule has 124 valence electrons. The lowest BCUT2D eigenvalue weighted by atomic mass is 10.1. The van der Waals surface area contributed by atoms with Crippen LogP contribution in [0.25, 0.3) is 10.4 Å². The lowest BCUT2D eigenvalue weighted by molar-refractivity contribution is -0.0660. The van der Waals surface area contributed by atoms with Crippen molar-refractivity contribution in [2.24, 2.45) is 5.11 Å². The van der Waals surface area contributed by atoms with Gasteiger partial charge in [0.2, 0.25) is 0 Å². The van der Waals surface area contributed by atoms with Crippen molar-refractivity contribution in [3.63, 3.8) is 0 Å². The average molecular weight is 312 g/mol. The number of amides is 1. The van der Waals surface area contributed by atoms with Crippen LogP contribution in [0.5, 0.6) is 0 Å². The van der Waals surface area contributed by atoms with Gasteiger partial charge in [-0.25, -0.2) is 4.79 Å². The Hall–Kier alpha value is -1.76. The first-order valence-corrected chi connectivity index (χ1v) is 7.10. The monoisotopic (exact) mass is 312 g/mol. The summed E-state index contributed by atoms with van der Waals surface area (Å²) in [6.07, 6.45) is 1.55. The molecule has 1 saturated heterocycles. The maximum Gasteiger partial charge on any atom is 0.413 e. The van der Waals surface area contributed by atoms with Crippen molar-refractivity contribution in [2.45, 2.75) is 58.1 Å². The summed E-state index contributed by atoms with van der Waals surface area (Å²) in [6.45, 7) is 9.15. The number of ether oxygens (including phenoxy) is 2. The quantitative estimate of drug-likeness (QED) is 0.372. The SMILES string of the molecule is CC(C)(C)OC(=O)N1[C@H]([C@H](O)C=CCN=[N+]=[N-])COC1(C)C. The number of hydrogen-bond acceptors (Lipinski definition) is 5. The molecule has 0 unspecified atom stereocenters. The van der Waals surface area contributed by atoms with Gasteiger partial charge in [-0.15, -0.1) is 0 Å². The highest BCUT2D eigenvalue weighted by atomic mass is 16.6. The maximum atomic E-state index is 12.4. The number of aliphatic hydroxyl groups is 1. The van der Waals surface area contributed by atoms with Crippen molar-refractivity contribution in [1.82, 2.24) is 4.90 Å². The Morgan fingerprint density at radius 1 is 1.64 bits per heavy atom. The summed E-state index contributed by atoms with van der Waals surface area (Å²) in [4.78, 5) is 16.4. The number of carbonyl (C=O) groups is 1. The first-order chi connectivity index (χ1) is 10.1. The van der Waals surface area contributed by atoms with E-state index in [-0.39, 0.29) is 13.2 Å². The predicted octanol–water partition coefficient (Wildman–Crippen LogP) is 2.59. The van der Waals surface area contributed by atoms with Crippen molar-refractivity contribution in [3.05, 3.63) is 22.6 Å². The summed E-state index contributed by atoms with van der Waals surface area (Å²) in [5, 5.41) is 13.6. The smallest absolute Gasteiger partial charge is 0.413 e. The zero-order chi connectivity index (χ0) is 17.0. The molecule has 22 heavy (non-hydrogen) atoms. The van der Waals surface area contributed by atoms with Crippen LogP contribution >= 0.6 is 0 Å². The van der Waals surface area contributed by atoms with Crippen LogP contribution in [-0.2, 0) is 9.47 Å². The summed E-state index contributed by atoms with van der Waals surface area (Å²) in [5.74, 6) is 0. The van der Waals surface area contributed by atoms with E-state index >= 15 is 0 Å². The van der Waals surface area contributed by atoms with Gasteiger partial charge in [0.1, 0.15) is 11.3 Å². The van der Waals surface area contributed by atoms with Crippen molar-refractivity contribution in [1.29, 1.82) is 0 Å². The fourth-order valence-corrected chi connectivity index (χ4v) is 2.16. The minimum Gasteiger partial charge on any atom is -0.444 e. The minimum atomic E-state index is -0.941. The highest BCUT2D eigenvalue weighted by Gasteiger charge is 2.47. The van der Waals surface area contributed by atoms with Crippen molar-refractivity contribution in [3.8, 4) is 0 Å². The van der Waals surface area contributed by atoms with Gasteiger partial charge in [-0.1, -0.05) is 17.3 Å². The third-order valence-corrected chi connectivity index (χ3v) is 3.09. The van der Waals surface area contributed by atoms with E-state index in [1.54, 1.807) is 40.7 Å². The topological polar surface area (TPSA) is 108 Å². The number of azide groups is 1. The number of nitrogens with zero attached hydrogens (tertiary/aromatic N) is 4. The second kappa shape index (κ2) is 7.00. The molecule has 0 aromatic rings. The molecule has 0 aliphatic carbocycles. The molecule has 1 N–H and O–H groups in total. The molecule has 0 aromatic carbocycles. The van der Waals surface area contributed by atoms with Crippen LogP contribution in [0.15, 0.2) is 17.3 Å². The molecule has 1 fully saturated rings. The number of aliphatic hydroxyl groups excluding tert-OH is 1. The number of carbonyl (C=O) groups excluding carboxylic acids is 1. The van der Waals surface area contributed by atoms with Crippen molar-refractivity contribution in [2.75, 3.05) is 13.2 Å². The molecule has 1 rings (SSSR count). The fraction of sp³-hybridized carbons (Fsp3) is 0.786. The van der Waals surface area contributed by atoms with E-state index in [2.05, 4.69) is 10.0 Å². The maximum absolute atomic E-state index is 12.4. The Morgan fingerprint density at radius 2 is 2.27 bits per heavy atom. The fourth-order valence-electron chi connectivity index (χ4n) is 2.16. The summed E-state index contributed by atoms with van der Waals surface area (Å²) in [7, 11) is 0. The van der Waals surface area contributed by atoms with E-state index in [9.17, 15) is 9.90 Å². The van der Waals surface area contributed by atoms with E-state index in [0.29, 0.717) is 0 Å². The Labute approximate surface area is 130 Å². The van der Waals surface area contributed by atoms with Crippen LogP contribution in [-0.4, -0.2) is 52.7 Å². The Morgan fingerprint density at radius 3 is 2.82 bits per heavy atom. The molecule has 2 atom stereocenters. The molecule has 0 saturated carbocycles. The van der Waals surface area contributed by atoms with Gasteiger partial charge in [-0.05, 0) is 40.1 Å². The molecule has 1 heterocycles. The lowest BCUT2D eigenvalue weighted by Crippen LogP contribution is -2.53. The summed E-state index contributed by atoms with van der Waals surface area (Å²) < 4.78 is 11.0. The highest BCUT2D eigenvalue weighted by molar-refractivity contribution is 5.70. The Balaban J connectivity index is 2.86. The molecule has 0 aromatic heterocycles. The normalized spacial score (nSPS) is 22.5. The molecule has 1 amide bonds. The van der Waals surface area contributed by atoms with Gasteiger partial charge < -0.3 is 14.6 Å². The van der Waals surface area contributed by atoms with Gasteiger partial charge in [0, 0.05) is 11.5 Å². The minimum absolute atomic E-state index is 0.136. The van der Waals surface area contributed by atoms with Crippen molar-refractivity contribution >= 4 is 6.09 Å². The Bertz CT molecular complexity index is 478. The van der Waals surface area contributed by atoms with E-state index in [0.717, 1.165) is 0 Å². The van der Waals surface area contributed by atoms with Gasteiger partial charge in [0.25, 0.3) is 0 Å². The summed E-state index contributed by atoms with van der Waals surface area (Å²) in [5.41, 5.74) is 6.70. The number of rotatable bonds is 4. The van der Waals surface area contributed by atoms with E-state index in [1.807, 2.05) is 0 Å². The molecule has 8 heteroatoms. The molecule has 0 radical (unpaired) electrons. The third kappa shape index (κ3) is 4.91. The second-order valence-electron chi connectivity index (χ2n) is 6.51. The Kier molecular flexibility index (Phi) is 5.82. The van der Waals surface area contributed by atoms with Crippen LogP contribution in [0.1, 0.15) is 34.6 Å². The molecular weight excluding hydrogens is 288 g/mol. The number of hydrogen-bond donors (Lipinski definition) is 1. The molecule has 0 bridgehead atoms. The van der Waals surface area contributed by atoms with Gasteiger partial charge in [-0.3, -0.25) is 4.90 Å². The van der Waals surface area contributed by atoms with Crippen LogP contribution in [0, 0.1) is 0 Å². The first kappa shape index (κ1) is 18.3. The van der Waals surface area contributed by atoms with Crippen molar-refractivity contribution < 1.29 is 19.4 Å². The molecule has 1 aliphatic heterocycles. The van der Waals surface area contributed by atoms with Gasteiger partial charge in [0.15, 0.2) is 0 Å². The van der Waals surface area contributed by atoms with Crippen LogP contribution in [0.2, 0.25) is 0 Å². The standard InChI is InChI=1S/C14H24N4O4/c1-13(2,3)22-12(20)18-10(9-21-14(18,4)5)11(19)7-6-8-16-17-15/h6-7,10-11,19H,8-9H2,1-5H3/t10-,11+/m0/s1. The zero-order valence-corrected chi connectivity index (χ0v) is 13.7. The molecule has 8 nitrogen and oxygen atoms in total. The van der Waals surface area contributed by atoms with Crippen LogP contribution in [0.4, 0.5) is 4.79 Å². The average Bonchev–Trinajstić information content (AvgIpc) is 2.68. The van der Waals surface area contributed by atoms with Gasteiger partial charge in [-0.2, -0.15) is 0 Å².